The largest absolute Gasteiger partial charge is 0.489 e. The summed E-state index contributed by atoms with van der Waals surface area (Å²) in [4.78, 5) is 0. The summed E-state index contributed by atoms with van der Waals surface area (Å²) in [5, 5.41) is 49.4. The van der Waals surface area contributed by atoms with Gasteiger partial charge in [0.05, 0.1) is 0 Å². The molecular formula is C102H67BBr2O2. The van der Waals surface area contributed by atoms with Crippen LogP contribution in [0.25, 0.3) is 185 Å². The molecule has 107 heavy (non-hydrogen) atoms. The summed E-state index contributed by atoms with van der Waals surface area (Å²) >= 11 is 7.41. The van der Waals surface area contributed by atoms with Crippen LogP contribution in [0, 0.1) is 0 Å². The van der Waals surface area contributed by atoms with Crippen molar-refractivity contribution in [3.05, 3.63) is 403 Å². The summed E-state index contributed by atoms with van der Waals surface area (Å²) in [6.07, 6.45) is 0. The Morgan fingerprint density at radius 2 is 0.374 bits per heavy atom. The van der Waals surface area contributed by atoms with Crippen molar-refractivity contribution in [2.45, 2.75) is 0 Å². The molecule has 0 heterocycles. The smallest absolute Gasteiger partial charge is 0.423 e. The predicted molar refractivity (Wildman–Crippen MR) is 468 cm³/mol. The van der Waals surface area contributed by atoms with Crippen molar-refractivity contribution >= 4 is 174 Å². The van der Waals surface area contributed by atoms with Crippen LogP contribution in [-0.2, 0) is 0 Å². The monoisotopic (exact) mass is 1490 g/mol. The van der Waals surface area contributed by atoms with Crippen LogP contribution in [0.3, 0.4) is 0 Å². The van der Waals surface area contributed by atoms with E-state index in [2.05, 4.69) is 378 Å². The molecule has 0 bridgehead atoms. The van der Waals surface area contributed by atoms with Crippen molar-refractivity contribution in [3.8, 4) is 55.6 Å². The molecule has 0 aliphatic carbocycles. The molecule has 0 amide bonds. The van der Waals surface area contributed by atoms with Gasteiger partial charge in [-0.25, -0.2) is 0 Å². The van der Waals surface area contributed by atoms with Gasteiger partial charge in [-0.15, -0.1) is 0 Å². The molecule has 0 unspecified atom stereocenters. The highest BCUT2D eigenvalue weighted by Crippen LogP contribution is 2.47. The van der Waals surface area contributed by atoms with E-state index in [0.29, 0.717) is 5.46 Å². The van der Waals surface area contributed by atoms with Crippen molar-refractivity contribution in [2.75, 3.05) is 0 Å². The molecule has 21 aromatic rings. The topological polar surface area (TPSA) is 40.5 Å². The number of halogens is 2. The average Bonchev–Trinajstić information content (AvgIpc) is 0.744. The first-order valence-corrected chi connectivity index (χ1v) is 37.8. The number of hydrogen-bond donors (Lipinski definition) is 2. The van der Waals surface area contributed by atoms with Gasteiger partial charge in [-0.05, 0) is 249 Å². The zero-order valence-corrected chi connectivity index (χ0v) is 61.4. The summed E-state index contributed by atoms with van der Waals surface area (Å²) in [6, 6.07) is 140. The summed E-state index contributed by atoms with van der Waals surface area (Å²) in [6.45, 7) is 0. The van der Waals surface area contributed by atoms with Crippen LogP contribution in [0.5, 0.6) is 0 Å². The second kappa shape index (κ2) is 29.0. The summed E-state index contributed by atoms with van der Waals surface area (Å²) < 4.78 is 2.26. The van der Waals surface area contributed by atoms with E-state index in [9.17, 15) is 10.0 Å². The number of fused-ring (bicyclic) bond motifs is 12. The third-order valence-corrected chi connectivity index (χ3v) is 22.5. The molecule has 0 radical (unpaired) electrons. The van der Waals surface area contributed by atoms with Crippen LogP contribution >= 0.6 is 31.9 Å². The Bertz CT molecular complexity index is 6800. The van der Waals surface area contributed by atoms with Crippen LogP contribution < -0.4 is 5.46 Å². The van der Waals surface area contributed by atoms with Gasteiger partial charge >= 0.3 is 7.12 Å². The molecular weight excluding hydrogens is 1430 g/mol. The second-order valence-corrected chi connectivity index (χ2v) is 29.0. The minimum Gasteiger partial charge on any atom is -0.423 e. The lowest BCUT2D eigenvalue weighted by Crippen LogP contribution is -2.31. The highest BCUT2D eigenvalue weighted by molar-refractivity contribution is 9.11. The molecule has 0 saturated carbocycles. The third-order valence-electron chi connectivity index (χ3n) is 21.1. The van der Waals surface area contributed by atoms with Gasteiger partial charge in [-0.2, -0.15) is 0 Å². The van der Waals surface area contributed by atoms with E-state index in [1.807, 2.05) is 48.5 Å². The molecule has 0 aliphatic rings. The summed E-state index contributed by atoms with van der Waals surface area (Å²) in [5.74, 6) is 0. The lowest BCUT2D eigenvalue weighted by Gasteiger charge is -2.18. The van der Waals surface area contributed by atoms with Crippen LogP contribution in [0.1, 0.15) is 0 Å². The summed E-state index contributed by atoms with van der Waals surface area (Å²) in [5.41, 5.74) is 13.1. The maximum absolute atomic E-state index is 10.1. The molecule has 2 N–H and O–H groups in total. The standard InChI is InChI=1S/C30H19Br.C24H17BO2.C24H15Br.C24H16/c31-24-17-15-21(16-18-24)29-25-9-3-5-11-27(25)30(28-12-6-4-10-26(28)29)23-14-13-20-7-1-2-8-22(20)19-23;26-25(27)24-21-11-5-3-9-19(21)23(20-10-4-6-12-22(20)24)18-14-13-16-7-1-2-8-17(16)15-18;25-24-21-11-5-3-9-19(21)23(20-10-4-6-12-22(20)24)18-14-13-16-7-1-2-8-17(16)15-18;1-2-8-18-15-21(14-13-17(18)7-1)24-22-11-5-3-9-19(22)16-20-10-4-6-12-23(20)24/h1-19H;1-15,26-27H;1-15H;1-16H. The molecule has 21 rings (SSSR count). The Balaban J connectivity index is 0.000000101. The van der Waals surface area contributed by atoms with Crippen molar-refractivity contribution in [2.24, 2.45) is 0 Å². The van der Waals surface area contributed by atoms with Gasteiger partial charge in [0.15, 0.2) is 0 Å². The third kappa shape index (κ3) is 12.6. The Kier molecular flexibility index (Phi) is 18.0. The average molecular weight is 1500 g/mol. The van der Waals surface area contributed by atoms with E-state index >= 15 is 0 Å². The zero-order valence-electron chi connectivity index (χ0n) is 58.3. The second-order valence-electron chi connectivity index (χ2n) is 27.3. The minimum atomic E-state index is -1.52. The molecule has 504 valence electrons. The van der Waals surface area contributed by atoms with E-state index in [0.717, 1.165) is 37.1 Å². The van der Waals surface area contributed by atoms with Gasteiger partial charge in [-0.3, -0.25) is 0 Å². The normalized spacial score (nSPS) is 11.4. The molecule has 0 aromatic heterocycles. The SMILES string of the molecule is Brc1c2ccccc2c(-c2ccc3ccccc3c2)c2ccccc12.Brc1ccc(-c2c3ccccc3c(-c3ccc4ccccc4c3)c3ccccc23)cc1.OB(O)c1c2ccccc2c(-c2ccc3ccccc3c2)c2ccccc12.c1ccc2cc(-c3c4ccccc4cc4ccccc34)ccc2c1. The van der Waals surface area contributed by atoms with E-state index in [-0.39, 0.29) is 0 Å². The fourth-order valence-corrected chi connectivity index (χ4v) is 17.2. The van der Waals surface area contributed by atoms with Crippen LogP contribution in [0.2, 0.25) is 0 Å². The first kappa shape index (κ1) is 66.6. The Morgan fingerprint density at radius 3 is 0.673 bits per heavy atom. The lowest BCUT2D eigenvalue weighted by atomic mass is 9.72. The Hall–Kier alpha value is -12.3. The maximum atomic E-state index is 10.1. The molecule has 0 aliphatic heterocycles. The Labute approximate surface area is 637 Å². The lowest BCUT2D eigenvalue weighted by molar-refractivity contribution is 0.426. The fraction of sp³-hybridized carbons (Fsp3) is 0. The van der Waals surface area contributed by atoms with Crippen molar-refractivity contribution in [1.29, 1.82) is 0 Å². The Morgan fingerprint density at radius 1 is 0.168 bits per heavy atom. The highest BCUT2D eigenvalue weighted by atomic mass is 79.9. The number of rotatable bonds is 6. The van der Waals surface area contributed by atoms with E-state index in [4.69, 9.17) is 0 Å². The van der Waals surface area contributed by atoms with E-state index in [1.165, 1.54) is 157 Å². The van der Waals surface area contributed by atoms with Crippen molar-refractivity contribution in [3.63, 3.8) is 0 Å². The first-order chi connectivity index (χ1) is 52.8. The van der Waals surface area contributed by atoms with Crippen LogP contribution in [0.4, 0.5) is 0 Å². The minimum absolute atomic E-state index is 0.561. The molecule has 5 heteroatoms. The van der Waals surface area contributed by atoms with Gasteiger partial charge in [0.2, 0.25) is 0 Å². The maximum Gasteiger partial charge on any atom is 0.489 e. The highest BCUT2D eigenvalue weighted by Gasteiger charge is 2.23. The number of benzene rings is 21. The van der Waals surface area contributed by atoms with Crippen molar-refractivity contribution < 1.29 is 10.0 Å². The molecule has 0 atom stereocenters. The van der Waals surface area contributed by atoms with Gasteiger partial charge in [0.25, 0.3) is 0 Å². The molecule has 0 fully saturated rings. The molecule has 2 nitrogen and oxygen atoms in total. The predicted octanol–water partition coefficient (Wildman–Crippen LogP) is 28.1. The van der Waals surface area contributed by atoms with Gasteiger partial charge in [0, 0.05) is 8.95 Å². The summed E-state index contributed by atoms with van der Waals surface area (Å²) in [7, 11) is -1.52. The van der Waals surface area contributed by atoms with Crippen LogP contribution in [-0.4, -0.2) is 17.2 Å². The van der Waals surface area contributed by atoms with E-state index in [1.54, 1.807) is 0 Å². The van der Waals surface area contributed by atoms with Gasteiger partial charge < -0.3 is 10.0 Å². The van der Waals surface area contributed by atoms with E-state index < -0.39 is 7.12 Å². The van der Waals surface area contributed by atoms with Crippen LogP contribution in [0.15, 0.2) is 403 Å². The number of hydrogen-bond acceptors (Lipinski definition) is 2. The van der Waals surface area contributed by atoms with Crippen molar-refractivity contribution in [1.82, 2.24) is 0 Å². The van der Waals surface area contributed by atoms with Gasteiger partial charge in [0.1, 0.15) is 0 Å². The molecule has 0 saturated heterocycles. The zero-order chi connectivity index (χ0) is 71.9. The fourth-order valence-electron chi connectivity index (χ4n) is 16.2. The first-order valence-electron chi connectivity index (χ1n) is 36.2. The molecule has 21 aromatic carbocycles. The quantitative estimate of drug-likeness (QED) is 0.129. The van der Waals surface area contributed by atoms with Gasteiger partial charge in [-0.1, -0.05) is 368 Å². The molecule has 0 spiro atoms.